The van der Waals surface area contributed by atoms with Gasteiger partial charge in [0, 0.05) is 25.2 Å². The van der Waals surface area contributed by atoms with Crippen LogP contribution < -0.4 is 10.6 Å². The molecular weight excluding hydrogens is 270 g/mol. The van der Waals surface area contributed by atoms with Crippen molar-refractivity contribution in [2.24, 2.45) is 5.41 Å². The molecule has 0 aromatic heterocycles. The molecule has 1 rings (SSSR count). The van der Waals surface area contributed by atoms with E-state index in [1.807, 2.05) is 20.8 Å². The average Bonchev–Trinajstić information content (AvgIpc) is 3.08. The monoisotopic (exact) mass is 299 g/mol. The first kappa shape index (κ1) is 17.8. The Morgan fingerprint density at radius 3 is 2.43 bits per heavy atom. The molecule has 1 atom stereocenters. The zero-order valence-electron chi connectivity index (χ0n) is 13.6. The van der Waals surface area contributed by atoms with E-state index >= 15 is 0 Å². The largest absolute Gasteiger partial charge is 0.481 e. The van der Waals surface area contributed by atoms with E-state index in [0.717, 1.165) is 6.54 Å². The van der Waals surface area contributed by atoms with E-state index in [2.05, 4.69) is 22.6 Å². The van der Waals surface area contributed by atoms with Crippen molar-refractivity contribution in [3.63, 3.8) is 0 Å². The molecule has 3 N–H and O–H groups in total. The Balaban J connectivity index is 2.30. The molecule has 0 radical (unpaired) electrons. The van der Waals surface area contributed by atoms with Crippen LogP contribution in [0.5, 0.6) is 0 Å². The highest BCUT2D eigenvalue weighted by atomic mass is 16.4. The Bertz CT molecular complexity index is 362. The topological polar surface area (TPSA) is 81.7 Å². The van der Waals surface area contributed by atoms with Crippen molar-refractivity contribution in [1.82, 2.24) is 15.5 Å². The summed E-state index contributed by atoms with van der Waals surface area (Å²) in [5.41, 5.74) is -0.0282. The number of carbonyl (C=O) groups is 2. The Hall–Kier alpha value is -1.30. The summed E-state index contributed by atoms with van der Waals surface area (Å²) < 4.78 is 0. The van der Waals surface area contributed by atoms with E-state index in [0.29, 0.717) is 19.0 Å². The van der Waals surface area contributed by atoms with E-state index in [-0.39, 0.29) is 23.9 Å². The number of aliphatic carboxylic acids is 1. The minimum Gasteiger partial charge on any atom is -0.481 e. The van der Waals surface area contributed by atoms with Crippen molar-refractivity contribution in [1.29, 1.82) is 0 Å². The third-order valence-electron chi connectivity index (χ3n) is 3.54. The molecule has 21 heavy (non-hydrogen) atoms. The van der Waals surface area contributed by atoms with Gasteiger partial charge < -0.3 is 20.6 Å². The maximum absolute atomic E-state index is 11.9. The summed E-state index contributed by atoms with van der Waals surface area (Å²) in [7, 11) is 2.06. The Labute approximate surface area is 127 Å². The number of rotatable bonds is 8. The second kappa shape index (κ2) is 7.64. The van der Waals surface area contributed by atoms with Crippen LogP contribution in [0.1, 0.15) is 46.5 Å². The highest BCUT2D eigenvalue weighted by Gasteiger charge is 2.26. The molecule has 0 aliphatic heterocycles. The van der Waals surface area contributed by atoms with Gasteiger partial charge in [0.1, 0.15) is 0 Å². The Morgan fingerprint density at radius 1 is 1.33 bits per heavy atom. The third kappa shape index (κ3) is 8.55. The summed E-state index contributed by atoms with van der Waals surface area (Å²) in [5.74, 6) is -0.891. The summed E-state index contributed by atoms with van der Waals surface area (Å²) in [4.78, 5) is 25.0. The standard InChI is InChI=1S/C15H29N3O3/c1-15(2,3)10-11(9-13(19)20)17-14(21)16-7-8-18(4)12-5-6-12/h11-12H,5-10H2,1-4H3,(H,19,20)(H2,16,17,21). The van der Waals surface area contributed by atoms with Crippen LogP contribution in [0.4, 0.5) is 4.79 Å². The van der Waals surface area contributed by atoms with Crippen molar-refractivity contribution < 1.29 is 14.7 Å². The molecule has 2 amide bonds. The van der Waals surface area contributed by atoms with Crippen LogP contribution in [0.2, 0.25) is 0 Å². The van der Waals surface area contributed by atoms with Crippen molar-refractivity contribution >= 4 is 12.0 Å². The number of hydrogen-bond donors (Lipinski definition) is 3. The fourth-order valence-corrected chi connectivity index (χ4v) is 2.40. The van der Waals surface area contributed by atoms with Crippen molar-refractivity contribution in [3.8, 4) is 0 Å². The molecule has 0 heterocycles. The van der Waals surface area contributed by atoms with E-state index in [4.69, 9.17) is 5.11 Å². The van der Waals surface area contributed by atoms with Gasteiger partial charge in [0.05, 0.1) is 6.42 Å². The quantitative estimate of drug-likeness (QED) is 0.636. The summed E-state index contributed by atoms with van der Waals surface area (Å²) in [5, 5.41) is 14.5. The van der Waals surface area contributed by atoms with Gasteiger partial charge in [-0.2, -0.15) is 0 Å². The number of carbonyl (C=O) groups excluding carboxylic acids is 1. The summed E-state index contributed by atoms with van der Waals surface area (Å²) in [6.07, 6.45) is 3.07. The zero-order chi connectivity index (χ0) is 16.0. The lowest BCUT2D eigenvalue weighted by Crippen LogP contribution is -2.46. The summed E-state index contributed by atoms with van der Waals surface area (Å²) >= 11 is 0. The number of hydrogen-bond acceptors (Lipinski definition) is 3. The molecule has 6 nitrogen and oxygen atoms in total. The number of nitrogens with zero attached hydrogens (tertiary/aromatic N) is 1. The zero-order valence-corrected chi connectivity index (χ0v) is 13.6. The molecule has 1 unspecified atom stereocenters. The van der Waals surface area contributed by atoms with Crippen LogP contribution in [0.15, 0.2) is 0 Å². The molecular formula is C15H29N3O3. The summed E-state index contributed by atoms with van der Waals surface area (Å²) in [6, 6.07) is 0.0499. The number of nitrogens with one attached hydrogen (secondary N) is 2. The molecule has 0 bridgehead atoms. The molecule has 0 spiro atoms. The maximum Gasteiger partial charge on any atom is 0.315 e. The van der Waals surface area contributed by atoms with Gasteiger partial charge in [0.2, 0.25) is 0 Å². The molecule has 0 aromatic rings. The second-order valence-electron chi connectivity index (χ2n) is 7.17. The van der Waals surface area contributed by atoms with Crippen molar-refractivity contribution in [2.45, 2.75) is 58.5 Å². The SMILES string of the molecule is CN(CCNC(=O)NC(CC(=O)O)CC(C)(C)C)C1CC1. The van der Waals surface area contributed by atoms with E-state index in [9.17, 15) is 9.59 Å². The van der Waals surface area contributed by atoms with Gasteiger partial charge in [-0.05, 0) is 31.7 Å². The second-order valence-corrected chi connectivity index (χ2v) is 7.17. The summed E-state index contributed by atoms with van der Waals surface area (Å²) in [6.45, 7) is 7.50. The highest BCUT2D eigenvalue weighted by molar-refractivity contribution is 5.75. The predicted octanol–water partition coefficient (Wildman–Crippen LogP) is 1.66. The van der Waals surface area contributed by atoms with Gasteiger partial charge in [-0.3, -0.25) is 4.79 Å². The van der Waals surface area contributed by atoms with Gasteiger partial charge in [0.25, 0.3) is 0 Å². The highest BCUT2D eigenvalue weighted by Crippen LogP contribution is 2.24. The lowest BCUT2D eigenvalue weighted by molar-refractivity contribution is -0.137. The normalized spacial score (nSPS) is 16.6. The minimum absolute atomic E-state index is 0.0282. The smallest absolute Gasteiger partial charge is 0.315 e. The third-order valence-corrected chi connectivity index (χ3v) is 3.54. The molecule has 0 saturated heterocycles. The number of amides is 2. The van der Waals surface area contributed by atoms with Crippen LogP contribution in [0.25, 0.3) is 0 Å². The number of likely N-dealkylation sites (N-methyl/N-ethyl adjacent to an activating group) is 1. The first-order chi connectivity index (χ1) is 9.67. The first-order valence-corrected chi connectivity index (χ1v) is 7.64. The Kier molecular flexibility index (Phi) is 6.45. The molecule has 6 heteroatoms. The van der Waals surface area contributed by atoms with Gasteiger partial charge >= 0.3 is 12.0 Å². The number of carboxylic acids is 1. The number of carboxylic acid groups (broad SMARTS) is 1. The molecule has 122 valence electrons. The van der Waals surface area contributed by atoms with Crippen LogP contribution in [0, 0.1) is 5.41 Å². The fourth-order valence-electron chi connectivity index (χ4n) is 2.40. The van der Waals surface area contributed by atoms with E-state index < -0.39 is 5.97 Å². The lowest BCUT2D eigenvalue weighted by atomic mass is 9.87. The van der Waals surface area contributed by atoms with E-state index in [1.165, 1.54) is 12.8 Å². The van der Waals surface area contributed by atoms with Gasteiger partial charge in [-0.25, -0.2) is 4.79 Å². The van der Waals surface area contributed by atoms with Crippen molar-refractivity contribution in [3.05, 3.63) is 0 Å². The van der Waals surface area contributed by atoms with E-state index in [1.54, 1.807) is 0 Å². The fraction of sp³-hybridized carbons (Fsp3) is 0.867. The maximum atomic E-state index is 11.9. The van der Waals surface area contributed by atoms with Crippen molar-refractivity contribution in [2.75, 3.05) is 20.1 Å². The van der Waals surface area contributed by atoms with Gasteiger partial charge in [0.15, 0.2) is 0 Å². The Morgan fingerprint density at radius 2 is 1.95 bits per heavy atom. The first-order valence-electron chi connectivity index (χ1n) is 7.64. The van der Waals surface area contributed by atoms with Gasteiger partial charge in [-0.1, -0.05) is 20.8 Å². The van der Waals surface area contributed by atoms with Crippen LogP contribution >= 0.6 is 0 Å². The molecule has 0 aromatic carbocycles. The molecule has 1 aliphatic carbocycles. The minimum atomic E-state index is -0.891. The molecule has 1 aliphatic rings. The van der Waals surface area contributed by atoms with Crippen LogP contribution in [0.3, 0.4) is 0 Å². The molecule has 1 saturated carbocycles. The predicted molar refractivity (Wildman–Crippen MR) is 82.3 cm³/mol. The van der Waals surface area contributed by atoms with Crippen LogP contribution in [-0.2, 0) is 4.79 Å². The van der Waals surface area contributed by atoms with Gasteiger partial charge in [-0.15, -0.1) is 0 Å². The lowest BCUT2D eigenvalue weighted by Gasteiger charge is -2.26. The van der Waals surface area contributed by atoms with Crippen LogP contribution in [-0.4, -0.2) is 54.2 Å². The molecule has 1 fully saturated rings. The average molecular weight is 299 g/mol. The number of urea groups is 1.